The molecule has 1 atom stereocenters. The van der Waals surface area contributed by atoms with Crippen LogP contribution in [0.1, 0.15) is 30.9 Å². The lowest BCUT2D eigenvalue weighted by atomic mass is 9.81. The summed E-state index contributed by atoms with van der Waals surface area (Å²) in [6, 6.07) is 10.1. The minimum atomic E-state index is -0.728. The summed E-state index contributed by atoms with van der Waals surface area (Å²) in [5.41, 5.74) is 0.960. The van der Waals surface area contributed by atoms with Crippen LogP contribution in [0.3, 0.4) is 0 Å². The number of hydrogen-bond acceptors (Lipinski definition) is 2. The van der Waals surface area contributed by atoms with E-state index in [4.69, 9.17) is 0 Å². The minimum Gasteiger partial charge on any atom is -0.351 e. The van der Waals surface area contributed by atoms with Crippen molar-refractivity contribution in [2.24, 2.45) is 5.41 Å². The van der Waals surface area contributed by atoms with Crippen molar-refractivity contribution < 1.29 is 18.4 Å². The molecule has 3 amide bonds. The van der Waals surface area contributed by atoms with Gasteiger partial charge in [0, 0.05) is 25.3 Å². The van der Waals surface area contributed by atoms with E-state index in [0.717, 1.165) is 5.56 Å². The molecule has 0 unspecified atom stereocenters. The zero-order valence-corrected chi connectivity index (χ0v) is 16.6. The number of halogens is 2. The van der Waals surface area contributed by atoms with Gasteiger partial charge in [0.1, 0.15) is 11.6 Å². The summed E-state index contributed by atoms with van der Waals surface area (Å²) in [5, 5.41) is 5.58. The van der Waals surface area contributed by atoms with Gasteiger partial charge in [-0.2, -0.15) is 0 Å². The maximum atomic E-state index is 13.7. The quantitative estimate of drug-likeness (QED) is 0.806. The molecular formula is C22H25F2N3O2. The molecule has 0 spiro atoms. The fourth-order valence-electron chi connectivity index (χ4n) is 3.47. The van der Waals surface area contributed by atoms with Crippen LogP contribution in [0.4, 0.5) is 19.3 Å². The standard InChI is InChI=1S/C22H25F2N3O2/c1-15-4-9-18(12-19(15)24)26-21(29)27-11-3-10-22(2,14-27)20(28)25-13-16-5-7-17(23)8-6-16/h4-9,12H,3,10-11,13-14H2,1-2H3,(H,25,28)(H,26,29)/t22-/m0/s1. The average Bonchev–Trinajstić information content (AvgIpc) is 2.70. The number of anilines is 1. The van der Waals surface area contributed by atoms with Crippen molar-refractivity contribution >= 4 is 17.6 Å². The van der Waals surface area contributed by atoms with Crippen LogP contribution in [0.5, 0.6) is 0 Å². The Morgan fingerprint density at radius 3 is 2.55 bits per heavy atom. The molecule has 5 nitrogen and oxygen atoms in total. The van der Waals surface area contributed by atoms with Gasteiger partial charge in [0.05, 0.1) is 5.41 Å². The molecule has 0 aromatic heterocycles. The summed E-state index contributed by atoms with van der Waals surface area (Å²) >= 11 is 0. The van der Waals surface area contributed by atoms with Crippen LogP contribution < -0.4 is 10.6 Å². The van der Waals surface area contributed by atoms with Crippen LogP contribution in [-0.2, 0) is 11.3 Å². The largest absolute Gasteiger partial charge is 0.351 e. The number of aryl methyl sites for hydroxylation is 1. The first-order chi connectivity index (χ1) is 13.8. The Morgan fingerprint density at radius 2 is 1.86 bits per heavy atom. The third-order valence-electron chi connectivity index (χ3n) is 5.32. The van der Waals surface area contributed by atoms with E-state index < -0.39 is 5.41 Å². The topological polar surface area (TPSA) is 61.4 Å². The lowest BCUT2D eigenvalue weighted by molar-refractivity contribution is -0.132. The van der Waals surface area contributed by atoms with Crippen molar-refractivity contribution in [1.29, 1.82) is 0 Å². The molecule has 0 radical (unpaired) electrons. The van der Waals surface area contributed by atoms with Crippen LogP contribution in [0.15, 0.2) is 42.5 Å². The third-order valence-corrected chi connectivity index (χ3v) is 5.32. The molecule has 1 aliphatic rings. The van der Waals surface area contributed by atoms with E-state index >= 15 is 0 Å². The predicted octanol–water partition coefficient (Wildman–Crippen LogP) is 4.22. The molecule has 3 rings (SSSR count). The van der Waals surface area contributed by atoms with Gasteiger partial charge in [0.25, 0.3) is 0 Å². The number of nitrogens with zero attached hydrogens (tertiary/aromatic N) is 1. The Balaban J connectivity index is 1.60. The normalized spacial score (nSPS) is 19.0. The zero-order valence-electron chi connectivity index (χ0n) is 16.6. The van der Waals surface area contributed by atoms with E-state index in [1.54, 1.807) is 36.1 Å². The molecular weight excluding hydrogens is 376 g/mol. The number of piperidine rings is 1. The molecule has 0 bridgehead atoms. The van der Waals surface area contributed by atoms with Crippen LogP contribution in [0, 0.1) is 24.0 Å². The first-order valence-electron chi connectivity index (χ1n) is 9.62. The summed E-state index contributed by atoms with van der Waals surface area (Å²) in [6.07, 6.45) is 1.35. The fraction of sp³-hybridized carbons (Fsp3) is 0.364. The second-order valence-corrected chi connectivity index (χ2v) is 7.79. The molecule has 7 heteroatoms. The second-order valence-electron chi connectivity index (χ2n) is 7.79. The lowest BCUT2D eigenvalue weighted by Gasteiger charge is -2.39. The number of likely N-dealkylation sites (tertiary alicyclic amines) is 1. The number of nitrogens with one attached hydrogen (secondary N) is 2. The van der Waals surface area contributed by atoms with Crippen molar-refractivity contribution in [2.45, 2.75) is 33.2 Å². The minimum absolute atomic E-state index is 0.152. The van der Waals surface area contributed by atoms with Gasteiger partial charge < -0.3 is 15.5 Å². The Bertz CT molecular complexity index is 901. The summed E-state index contributed by atoms with van der Waals surface area (Å²) < 4.78 is 26.7. The number of urea groups is 1. The van der Waals surface area contributed by atoms with Gasteiger partial charge in [0.15, 0.2) is 0 Å². The van der Waals surface area contributed by atoms with Gasteiger partial charge in [-0.15, -0.1) is 0 Å². The number of carbonyl (C=O) groups excluding carboxylic acids is 2. The van der Waals surface area contributed by atoms with Gasteiger partial charge in [-0.05, 0) is 62.1 Å². The van der Waals surface area contributed by atoms with Crippen molar-refractivity contribution in [3.05, 3.63) is 65.2 Å². The highest BCUT2D eigenvalue weighted by molar-refractivity contribution is 5.90. The number of rotatable bonds is 4. The van der Waals surface area contributed by atoms with Crippen LogP contribution in [0.2, 0.25) is 0 Å². The third kappa shape index (κ3) is 5.10. The van der Waals surface area contributed by atoms with Crippen LogP contribution in [-0.4, -0.2) is 29.9 Å². The van der Waals surface area contributed by atoms with Gasteiger partial charge in [-0.3, -0.25) is 4.79 Å². The van der Waals surface area contributed by atoms with E-state index in [0.29, 0.717) is 37.2 Å². The number of carbonyl (C=O) groups is 2. The van der Waals surface area contributed by atoms with Crippen molar-refractivity contribution in [3.8, 4) is 0 Å². The monoisotopic (exact) mass is 401 g/mol. The maximum absolute atomic E-state index is 13.7. The highest BCUT2D eigenvalue weighted by Crippen LogP contribution is 2.30. The highest BCUT2D eigenvalue weighted by atomic mass is 19.1. The second kappa shape index (κ2) is 8.59. The van der Waals surface area contributed by atoms with Crippen LogP contribution >= 0.6 is 0 Å². The first-order valence-corrected chi connectivity index (χ1v) is 9.62. The predicted molar refractivity (Wildman–Crippen MR) is 107 cm³/mol. The number of hydrogen-bond donors (Lipinski definition) is 2. The van der Waals surface area contributed by atoms with E-state index in [-0.39, 0.29) is 30.1 Å². The number of benzene rings is 2. The maximum Gasteiger partial charge on any atom is 0.321 e. The molecule has 1 heterocycles. The van der Waals surface area contributed by atoms with Gasteiger partial charge in [-0.25, -0.2) is 13.6 Å². The molecule has 154 valence electrons. The summed E-state index contributed by atoms with van der Waals surface area (Å²) in [4.78, 5) is 27.0. The van der Waals surface area contributed by atoms with Gasteiger partial charge in [-0.1, -0.05) is 18.2 Å². The van der Waals surface area contributed by atoms with E-state index in [1.165, 1.54) is 18.2 Å². The Kier molecular flexibility index (Phi) is 6.15. The Labute approximate surface area is 169 Å². The van der Waals surface area contributed by atoms with E-state index in [1.807, 2.05) is 6.92 Å². The molecule has 1 aliphatic heterocycles. The smallest absolute Gasteiger partial charge is 0.321 e. The molecule has 1 fully saturated rings. The Hall–Kier alpha value is -2.96. The highest BCUT2D eigenvalue weighted by Gasteiger charge is 2.39. The molecule has 2 aromatic carbocycles. The van der Waals surface area contributed by atoms with Crippen molar-refractivity contribution in [3.63, 3.8) is 0 Å². The SMILES string of the molecule is Cc1ccc(NC(=O)N2CCC[C@](C)(C(=O)NCc3ccc(F)cc3)C2)cc1F. The Morgan fingerprint density at radius 1 is 1.14 bits per heavy atom. The number of amides is 3. The molecule has 1 saturated heterocycles. The summed E-state index contributed by atoms with van der Waals surface area (Å²) in [7, 11) is 0. The van der Waals surface area contributed by atoms with E-state index in [2.05, 4.69) is 10.6 Å². The molecule has 0 saturated carbocycles. The van der Waals surface area contributed by atoms with Crippen molar-refractivity contribution in [2.75, 3.05) is 18.4 Å². The average molecular weight is 401 g/mol. The zero-order chi connectivity index (χ0) is 21.0. The molecule has 29 heavy (non-hydrogen) atoms. The van der Waals surface area contributed by atoms with E-state index in [9.17, 15) is 18.4 Å². The summed E-state index contributed by atoms with van der Waals surface area (Å²) in [6.45, 7) is 4.58. The lowest BCUT2D eigenvalue weighted by Crippen LogP contribution is -2.52. The first kappa shape index (κ1) is 20.8. The van der Waals surface area contributed by atoms with Crippen LogP contribution in [0.25, 0.3) is 0 Å². The van der Waals surface area contributed by atoms with Gasteiger partial charge >= 0.3 is 6.03 Å². The molecule has 2 aromatic rings. The molecule has 2 N–H and O–H groups in total. The van der Waals surface area contributed by atoms with Gasteiger partial charge in [0.2, 0.25) is 5.91 Å². The van der Waals surface area contributed by atoms with Crippen molar-refractivity contribution in [1.82, 2.24) is 10.2 Å². The fourth-order valence-corrected chi connectivity index (χ4v) is 3.47. The molecule has 0 aliphatic carbocycles. The summed E-state index contributed by atoms with van der Waals surface area (Å²) in [5.74, 6) is -0.860.